The first kappa shape index (κ1) is 10.5. The first-order chi connectivity index (χ1) is 7.29. The second-order valence-electron chi connectivity index (χ2n) is 3.58. The van der Waals surface area contributed by atoms with Gasteiger partial charge in [-0.25, -0.2) is 4.39 Å². The summed E-state index contributed by atoms with van der Waals surface area (Å²) < 4.78 is 18.7. The molecule has 0 bridgehead atoms. The number of nitrogens with one attached hydrogen (secondary N) is 1. The van der Waals surface area contributed by atoms with Gasteiger partial charge in [0.25, 0.3) is 0 Å². The van der Waals surface area contributed by atoms with E-state index in [-0.39, 0.29) is 11.9 Å². The summed E-state index contributed by atoms with van der Waals surface area (Å²) in [6.45, 7) is 1.88. The van der Waals surface area contributed by atoms with E-state index in [1.165, 1.54) is 6.07 Å². The zero-order valence-corrected chi connectivity index (χ0v) is 8.32. The van der Waals surface area contributed by atoms with Gasteiger partial charge in [-0.15, -0.1) is 0 Å². The van der Waals surface area contributed by atoms with Crippen molar-refractivity contribution in [2.45, 2.75) is 12.2 Å². The van der Waals surface area contributed by atoms with Crippen LogP contribution in [0.2, 0.25) is 0 Å². The Bertz CT molecular complexity index is 326. The van der Waals surface area contributed by atoms with Crippen molar-refractivity contribution >= 4 is 0 Å². The van der Waals surface area contributed by atoms with Crippen LogP contribution in [0.15, 0.2) is 24.3 Å². The minimum Gasteiger partial charge on any atom is -0.386 e. The number of hydrogen-bond donors (Lipinski definition) is 2. The third-order valence-electron chi connectivity index (χ3n) is 2.53. The number of morpholine rings is 1. The normalized spacial score (nSPS) is 23.7. The largest absolute Gasteiger partial charge is 0.386 e. The molecule has 2 unspecified atom stereocenters. The van der Waals surface area contributed by atoms with Crippen molar-refractivity contribution in [2.24, 2.45) is 0 Å². The molecule has 0 radical (unpaired) electrons. The molecule has 0 aromatic heterocycles. The topological polar surface area (TPSA) is 41.5 Å². The Balaban J connectivity index is 2.12. The molecule has 0 aliphatic carbocycles. The summed E-state index contributed by atoms with van der Waals surface area (Å²) in [6, 6.07) is 6.23. The molecule has 1 heterocycles. The lowest BCUT2D eigenvalue weighted by atomic mass is 10.0. The highest BCUT2D eigenvalue weighted by Gasteiger charge is 2.25. The van der Waals surface area contributed by atoms with E-state index < -0.39 is 6.10 Å². The van der Waals surface area contributed by atoms with E-state index in [0.717, 1.165) is 6.54 Å². The standard InChI is InChI=1S/C11H14FNO2/c12-9-4-2-1-3-8(9)11(14)10-7-13-5-6-15-10/h1-4,10-11,13-14H,5-7H2. The fourth-order valence-electron chi connectivity index (χ4n) is 1.70. The van der Waals surface area contributed by atoms with Crippen LogP contribution >= 0.6 is 0 Å². The summed E-state index contributed by atoms with van der Waals surface area (Å²) in [4.78, 5) is 0. The van der Waals surface area contributed by atoms with E-state index in [0.29, 0.717) is 18.7 Å². The minimum absolute atomic E-state index is 0.297. The Kier molecular flexibility index (Phi) is 3.30. The summed E-state index contributed by atoms with van der Waals surface area (Å²) in [5, 5.41) is 13.0. The average Bonchev–Trinajstić information content (AvgIpc) is 2.30. The molecule has 0 amide bonds. The maximum atomic E-state index is 13.4. The predicted octanol–water partition coefficient (Wildman–Crippen LogP) is 0.847. The predicted molar refractivity (Wildman–Crippen MR) is 54.0 cm³/mol. The molecule has 2 rings (SSSR count). The van der Waals surface area contributed by atoms with Gasteiger partial charge in [0.1, 0.15) is 18.0 Å². The first-order valence-corrected chi connectivity index (χ1v) is 5.04. The molecule has 1 aromatic rings. The van der Waals surface area contributed by atoms with Gasteiger partial charge in [0.15, 0.2) is 0 Å². The van der Waals surface area contributed by atoms with E-state index in [1.54, 1.807) is 18.2 Å². The third kappa shape index (κ3) is 2.34. The molecular formula is C11H14FNO2. The molecule has 4 heteroatoms. The Morgan fingerprint density at radius 2 is 2.27 bits per heavy atom. The Morgan fingerprint density at radius 3 is 2.93 bits per heavy atom. The maximum Gasteiger partial charge on any atom is 0.129 e. The van der Waals surface area contributed by atoms with Gasteiger partial charge < -0.3 is 15.2 Å². The summed E-state index contributed by atoms with van der Waals surface area (Å²) in [5.41, 5.74) is 0.297. The molecule has 1 fully saturated rings. The van der Waals surface area contributed by atoms with Gasteiger partial charge in [-0.05, 0) is 6.07 Å². The van der Waals surface area contributed by atoms with Gasteiger partial charge >= 0.3 is 0 Å². The van der Waals surface area contributed by atoms with Crippen molar-refractivity contribution in [1.82, 2.24) is 5.32 Å². The monoisotopic (exact) mass is 211 g/mol. The molecule has 1 aliphatic heterocycles. The van der Waals surface area contributed by atoms with E-state index in [1.807, 2.05) is 0 Å². The lowest BCUT2D eigenvalue weighted by molar-refractivity contribution is -0.0547. The second-order valence-corrected chi connectivity index (χ2v) is 3.58. The van der Waals surface area contributed by atoms with Gasteiger partial charge in [0.2, 0.25) is 0 Å². The molecule has 1 aromatic carbocycles. The van der Waals surface area contributed by atoms with Gasteiger partial charge in [0, 0.05) is 18.7 Å². The van der Waals surface area contributed by atoms with Crippen LogP contribution in [0.3, 0.4) is 0 Å². The van der Waals surface area contributed by atoms with E-state index >= 15 is 0 Å². The van der Waals surface area contributed by atoms with Crippen molar-refractivity contribution in [3.63, 3.8) is 0 Å². The van der Waals surface area contributed by atoms with Crippen LogP contribution in [0, 0.1) is 5.82 Å². The molecule has 2 atom stereocenters. The SMILES string of the molecule is OC(c1ccccc1F)C1CNCCO1. The zero-order chi connectivity index (χ0) is 10.7. The maximum absolute atomic E-state index is 13.4. The lowest BCUT2D eigenvalue weighted by Crippen LogP contribution is -2.42. The quantitative estimate of drug-likeness (QED) is 0.762. The molecule has 2 N–H and O–H groups in total. The molecule has 1 aliphatic rings. The molecule has 82 valence electrons. The number of ether oxygens (including phenoxy) is 1. The van der Waals surface area contributed by atoms with Crippen molar-refractivity contribution in [1.29, 1.82) is 0 Å². The average molecular weight is 211 g/mol. The van der Waals surface area contributed by atoms with E-state index in [4.69, 9.17) is 4.74 Å². The van der Waals surface area contributed by atoms with Crippen LogP contribution in [0.4, 0.5) is 4.39 Å². The fourth-order valence-corrected chi connectivity index (χ4v) is 1.70. The number of aliphatic hydroxyl groups is 1. The van der Waals surface area contributed by atoms with Gasteiger partial charge in [-0.3, -0.25) is 0 Å². The number of rotatable bonds is 2. The van der Waals surface area contributed by atoms with Gasteiger partial charge in [-0.1, -0.05) is 18.2 Å². The van der Waals surface area contributed by atoms with Gasteiger partial charge in [0.05, 0.1) is 6.61 Å². The fraction of sp³-hybridized carbons (Fsp3) is 0.455. The zero-order valence-electron chi connectivity index (χ0n) is 8.32. The summed E-state index contributed by atoms with van der Waals surface area (Å²) in [5.74, 6) is -0.390. The van der Waals surface area contributed by atoms with Crippen molar-refractivity contribution in [3.05, 3.63) is 35.6 Å². The van der Waals surface area contributed by atoms with Crippen LogP contribution in [0.5, 0.6) is 0 Å². The summed E-state index contributed by atoms with van der Waals surface area (Å²) in [7, 11) is 0. The molecular weight excluding hydrogens is 197 g/mol. The Labute approximate surface area is 87.9 Å². The Hall–Kier alpha value is -0.970. The van der Waals surface area contributed by atoms with Crippen molar-refractivity contribution < 1.29 is 14.2 Å². The number of aliphatic hydroxyl groups excluding tert-OH is 1. The summed E-state index contributed by atoms with van der Waals surface area (Å²) in [6.07, 6.45) is -1.27. The number of hydrogen-bond acceptors (Lipinski definition) is 3. The smallest absolute Gasteiger partial charge is 0.129 e. The molecule has 0 saturated carbocycles. The van der Waals surface area contributed by atoms with Crippen LogP contribution < -0.4 is 5.32 Å². The second kappa shape index (κ2) is 4.70. The summed E-state index contributed by atoms with van der Waals surface area (Å²) >= 11 is 0. The van der Waals surface area contributed by atoms with Crippen LogP contribution in [-0.2, 0) is 4.74 Å². The third-order valence-corrected chi connectivity index (χ3v) is 2.53. The highest BCUT2D eigenvalue weighted by atomic mass is 19.1. The van der Waals surface area contributed by atoms with Crippen LogP contribution in [0.1, 0.15) is 11.7 Å². The van der Waals surface area contributed by atoms with Gasteiger partial charge in [-0.2, -0.15) is 0 Å². The Morgan fingerprint density at radius 1 is 1.47 bits per heavy atom. The van der Waals surface area contributed by atoms with Crippen LogP contribution in [0.25, 0.3) is 0 Å². The molecule has 3 nitrogen and oxygen atoms in total. The van der Waals surface area contributed by atoms with Crippen molar-refractivity contribution in [3.8, 4) is 0 Å². The number of halogens is 1. The van der Waals surface area contributed by atoms with E-state index in [9.17, 15) is 9.50 Å². The van der Waals surface area contributed by atoms with Crippen molar-refractivity contribution in [2.75, 3.05) is 19.7 Å². The molecule has 15 heavy (non-hydrogen) atoms. The van der Waals surface area contributed by atoms with E-state index in [2.05, 4.69) is 5.32 Å². The first-order valence-electron chi connectivity index (χ1n) is 5.04. The highest BCUT2D eigenvalue weighted by Crippen LogP contribution is 2.22. The van der Waals surface area contributed by atoms with Crippen LogP contribution in [-0.4, -0.2) is 30.9 Å². The minimum atomic E-state index is -0.904. The lowest BCUT2D eigenvalue weighted by Gasteiger charge is -2.28. The highest BCUT2D eigenvalue weighted by molar-refractivity contribution is 5.20. The molecule has 0 spiro atoms. The number of benzene rings is 1. The molecule has 1 saturated heterocycles.